The summed E-state index contributed by atoms with van der Waals surface area (Å²) in [6, 6.07) is 7.46. The van der Waals surface area contributed by atoms with Gasteiger partial charge in [-0.3, -0.25) is 9.78 Å². The van der Waals surface area contributed by atoms with E-state index in [1.807, 2.05) is 39.1 Å². The van der Waals surface area contributed by atoms with Crippen LogP contribution in [0.1, 0.15) is 21.5 Å². The number of aryl methyl sites for hydroxylation is 2. The van der Waals surface area contributed by atoms with Crippen LogP contribution in [0.5, 0.6) is 0 Å². The standard InChI is InChI=1S/C15H17N3O/c1-10-6-13(9-17-8-10)18-15(19)12-4-5-14(16-3)11(2)7-12/h4-9,16H,1-3H3,(H,18,19). The molecule has 4 nitrogen and oxygen atoms in total. The first-order chi connectivity index (χ1) is 9.10. The first-order valence-electron chi connectivity index (χ1n) is 6.11. The van der Waals surface area contributed by atoms with Crippen molar-refractivity contribution < 1.29 is 4.79 Å². The van der Waals surface area contributed by atoms with Crippen molar-refractivity contribution in [1.82, 2.24) is 4.98 Å². The zero-order valence-electron chi connectivity index (χ0n) is 11.3. The van der Waals surface area contributed by atoms with E-state index in [1.54, 1.807) is 18.5 Å². The second-order valence-corrected chi connectivity index (χ2v) is 4.48. The van der Waals surface area contributed by atoms with Crippen molar-refractivity contribution in [2.24, 2.45) is 0 Å². The highest BCUT2D eigenvalue weighted by atomic mass is 16.1. The third kappa shape index (κ3) is 3.10. The molecule has 0 atom stereocenters. The highest BCUT2D eigenvalue weighted by molar-refractivity contribution is 6.04. The summed E-state index contributed by atoms with van der Waals surface area (Å²) >= 11 is 0. The largest absolute Gasteiger partial charge is 0.388 e. The number of pyridine rings is 1. The summed E-state index contributed by atoms with van der Waals surface area (Å²) in [5.74, 6) is -0.127. The molecule has 98 valence electrons. The molecule has 1 aromatic heterocycles. The van der Waals surface area contributed by atoms with Crippen molar-refractivity contribution in [3.05, 3.63) is 53.3 Å². The quantitative estimate of drug-likeness (QED) is 0.886. The Morgan fingerprint density at radius 3 is 2.58 bits per heavy atom. The molecule has 1 amide bonds. The Kier molecular flexibility index (Phi) is 3.80. The Morgan fingerprint density at radius 2 is 1.95 bits per heavy atom. The van der Waals surface area contributed by atoms with Gasteiger partial charge in [0.15, 0.2) is 0 Å². The third-order valence-electron chi connectivity index (χ3n) is 2.89. The number of nitrogens with one attached hydrogen (secondary N) is 2. The van der Waals surface area contributed by atoms with Gasteiger partial charge in [-0.15, -0.1) is 0 Å². The zero-order valence-corrected chi connectivity index (χ0v) is 11.3. The molecule has 2 rings (SSSR count). The van der Waals surface area contributed by atoms with Crippen molar-refractivity contribution in [2.45, 2.75) is 13.8 Å². The second-order valence-electron chi connectivity index (χ2n) is 4.48. The molecule has 0 aliphatic heterocycles. The van der Waals surface area contributed by atoms with E-state index in [9.17, 15) is 4.79 Å². The molecule has 0 fully saturated rings. The third-order valence-corrected chi connectivity index (χ3v) is 2.89. The van der Waals surface area contributed by atoms with Crippen molar-refractivity contribution in [1.29, 1.82) is 0 Å². The van der Waals surface area contributed by atoms with E-state index in [-0.39, 0.29) is 5.91 Å². The molecule has 4 heteroatoms. The van der Waals surface area contributed by atoms with E-state index in [0.29, 0.717) is 11.3 Å². The molecule has 0 saturated heterocycles. The van der Waals surface area contributed by atoms with Crippen LogP contribution in [-0.2, 0) is 0 Å². The Labute approximate surface area is 112 Å². The summed E-state index contributed by atoms with van der Waals surface area (Å²) in [6.45, 7) is 3.91. The highest BCUT2D eigenvalue weighted by Gasteiger charge is 2.08. The van der Waals surface area contributed by atoms with Gasteiger partial charge in [0.1, 0.15) is 0 Å². The number of nitrogens with zero attached hydrogens (tertiary/aromatic N) is 1. The fourth-order valence-corrected chi connectivity index (χ4v) is 1.91. The number of carbonyl (C=O) groups is 1. The molecule has 2 aromatic rings. The lowest BCUT2D eigenvalue weighted by Gasteiger charge is -2.09. The molecule has 1 aromatic carbocycles. The lowest BCUT2D eigenvalue weighted by atomic mass is 10.1. The fourth-order valence-electron chi connectivity index (χ4n) is 1.91. The van der Waals surface area contributed by atoms with E-state index >= 15 is 0 Å². The van der Waals surface area contributed by atoms with Gasteiger partial charge >= 0.3 is 0 Å². The van der Waals surface area contributed by atoms with Crippen LogP contribution < -0.4 is 10.6 Å². The highest BCUT2D eigenvalue weighted by Crippen LogP contribution is 2.17. The minimum absolute atomic E-state index is 0.127. The average molecular weight is 255 g/mol. The maximum absolute atomic E-state index is 12.1. The van der Waals surface area contributed by atoms with Crippen LogP contribution in [0.3, 0.4) is 0 Å². The summed E-state index contributed by atoms with van der Waals surface area (Å²) in [5, 5.41) is 5.92. The van der Waals surface area contributed by atoms with Crippen LogP contribution in [-0.4, -0.2) is 17.9 Å². The topological polar surface area (TPSA) is 54.0 Å². The number of amides is 1. The smallest absolute Gasteiger partial charge is 0.255 e. The Morgan fingerprint density at radius 1 is 1.16 bits per heavy atom. The van der Waals surface area contributed by atoms with Gasteiger partial charge in [0.25, 0.3) is 5.91 Å². The second kappa shape index (κ2) is 5.52. The monoisotopic (exact) mass is 255 g/mol. The number of hydrogen-bond acceptors (Lipinski definition) is 3. The predicted octanol–water partition coefficient (Wildman–Crippen LogP) is 2.99. The summed E-state index contributed by atoms with van der Waals surface area (Å²) in [7, 11) is 1.86. The minimum Gasteiger partial charge on any atom is -0.388 e. The lowest BCUT2D eigenvalue weighted by Crippen LogP contribution is -2.12. The van der Waals surface area contributed by atoms with Gasteiger partial charge in [0.2, 0.25) is 0 Å². The number of aromatic nitrogens is 1. The number of rotatable bonds is 3. The van der Waals surface area contributed by atoms with Gasteiger partial charge in [0, 0.05) is 24.5 Å². The van der Waals surface area contributed by atoms with Crippen LogP contribution in [0, 0.1) is 13.8 Å². The summed E-state index contributed by atoms with van der Waals surface area (Å²) in [4.78, 5) is 16.2. The zero-order chi connectivity index (χ0) is 13.8. The van der Waals surface area contributed by atoms with Crippen molar-refractivity contribution >= 4 is 17.3 Å². The molecule has 0 bridgehead atoms. The predicted molar refractivity (Wildman–Crippen MR) is 77.7 cm³/mol. The lowest BCUT2D eigenvalue weighted by molar-refractivity contribution is 0.102. The first kappa shape index (κ1) is 13.1. The molecule has 0 aliphatic carbocycles. The molecule has 0 aliphatic rings. The van der Waals surface area contributed by atoms with Crippen LogP contribution in [0.25, 0.3) is 0 Å². The van der Waals surface area contributed by atoms with Gasteiger partial charge in [-0.25, -0.2) is 0 Å². The molecule has 0 saturated carbocycles. The number of carbonyl (C=O) groups excluding carboxylic acids is 1. The van der Waals surface area contributed by atoms with Gasteiger partial charge < -0.3 is 10.6 Å². The van der Waals surface area contributed by atoms with E-state index < -0.39 is 0 Å². The van der Waals surface area contributed by atoms with Crippen molar-refractivity contribution in [3.63, 3.8) is 0 Å². The van der Waals surface area contributed by atoms with Crippen LogP contribution in [0.15, 0.2) is 36.7 Å². The maximum atomic E-state index is 12.1. The van der Waals surface area contributed by atoms with E-state index in [0.717, 1.165) is 16.8 Å². The number of benzene rings is 1. The van der Waals surface area contributed by atoms with Gasteiger partial charge in [-0.2, -0.15) is 0 Å². The molecule has 0 unspecified atom stereocenters. The van der Waals surface area contributed by atoms with Gasteiger partial charge in [-0.05, 0) is 49.2 Å². The molecule has 0 radical (unpaired) electrons. The van der Waals surface area contributed by atoms with Crippen LogP contribution in [0.4, 0.5) is 11.4 Å². The summed E-state index contributed by atoms with van der Waals surface area (Å²) in [5.41, 5.74) is 4.42. The van der Waals surface area contributed by atoms with Gasteiger partial charge in [0.05, 0.1) is 11.9 Å². The van der Waals surface area contributed by atoms with E-state index in [1.165, 1.54) is 0 Å². The SMILES string of the molecule is CNc1ccc(C(=O)Nc2cncc(C)c2)cc1C. The molecular weight excluding hydrogens is 238 g/mol. The number of hydrogen-bond donors (Lipinski definition) is 2. The van der Waals surface area contributed by atoms with Crippen LogP contribution in [0.2, 0.25) is 0 Å². The molecular formula is C15H17N3O. The van der Waals surface area contributed by atoms with E-state index in [4.69, 9.17) is 0 Å². The number of anilines is 2. The Balaban J connectivity index is 2.18. The Bertz CT molecular complexity index is 608. The molecule has 1 heterocycles. The van der Waals surface area contributed by atoms with E-state index in [2.05, 4.69) is 15.6 Å². The van der Waals surface area contributed by atoms with Crippen molar-refractivity contribution in [2.75, 3.05) is 17.7 Å². The van der Waals surface area contributed by atoms with Gasteiger partial charge in [-0.1, -0.05) is 0 Å². The molecule has 19 heavy (non-hydrogen) atoms. The minimum atomic E-state index is -0.127. The molecule has 2 N–H and O–H groups in total. The summed E-state index contributed by atoms with van der Waals surface area (Å²) < 4.78 is 0. The summed E-state index contributed by atoms with van der Waals surface area (Å²) in [6.07, 6.45) is 3.39. The maximum Gasteiger partial charge on any atom is 0.255 e. The fraction of sp³-hybridized carbons (Fsp3) is 0.200. The van der Waals surface area contributed by atoms with Crippen molar-refractivity contribution in [3.8, 4) is 0 Å². The normalized spacial score (nSPS) is 10.1. The molecule has 0 spiro atoms. The van der Waals surface area contributed by atoms with Crippen LogP contribution >= 0.6 is 0 Å². The Hall–Kier alpha value is -2.36. The first-order valence-corrected chi connectivity index (χ1v) is 6.11. The average Bonchev–Trinajstić information content (AvgIpc) is 2.38.